The molecule has 3 rings (SSSR count). The summed E-state index contributed by atoms with van der Waals surface area (Å²) in [7, 11) is 1.28. The molecule has 3 atom stereocenters. The van der Waals surface area contributed by atoms with E-state index in [2.05, 4.69) is 5.32 Å². The number of halogens is 1. The molecule has 0 amide bonds. The Balaban J connectivity index is 2.06. The first-order chi connectivity index (χ1) is 15.3. The molecule has 8 heteroatoms. The van der Waals surface area contributed by atoms with E-state index in [1.54, 1.807) is 36.0 Å². The molecule has 1 aliphatic carbocycles. The number of hydrogen-bond acceptors (Lipinski definition) is 7. The largest absolute Gasteiger partial charge is 0.468 e. The van der Waals surface area contributed by atoms with E-state index in [-0.39, 0.29) is 18.3 Å². The summed E-state index contributed by atoms with van der Waals surface area (Å²) in [6, 6.07) is 7.05. The Bertz CT molecular complexity index is 969. The molecule has 0 fully saturated rings. The van der Waals surface area contributed by atoms with Crippen molar-refractivity contribution in [3.63, 3.8) is 0 Å². The Hall–Kier alpha value is -2.25. The van der Waals surface area contributed by atoms with Crippen LogP contribution in [0.1, 0.15) is 38.7 Å². The number of nitrogens with one attached hydrogen (secondary N) is 1. The first-order valence-corrected chi connectivity index (χ1v) is 12.2. The van der Waals surface area contributed by atoms with Crippen LogP contribution in [0.4, 0.5) is 0 Å². The average molecular weight is 478 g/mol. The Morgan fingerprint density at radius 3 is 2.56 bits per heavy atom. The van der Waals surface area contributed by atoms with Gasteiger partial charge in [-0.2, -0.15) is 11.8 Å². The molecule has 32 heavy (non-hydrogen) atoms. The molecule has 172 valence electrons. The van der Waals surface area contributed by atoms with Crippen LogP contribution in [0, 0.1) is 11.8 Å². The van der Waals surface area contributed by atoms with Crippen LogP contribution in [0.2, 0.25) is 5.02 Å². The van der Waals surface area contributed by atoms with E-state index in [0.717, 1.165) is 17.0 Å². The smallest absolute Gasteiger partial charge is 0.336 e. The van der Waals surface area contributed by atoms with Crippen LogP contribution in [0.25, 0.3) is 0 Å². The van der Waals surface area contributed by atoms with Crippen LogP contribution in [0.5, 0.6) is 0 Å². The minimum atomic E-state index is -0.910. The molecule has 0 saturated heterocycles. The maximum Gasteiger partial charge on any atom is 0.336 e. The van der Waals surface area contributed by atoms with Crippen LogP contribution in [-0.2, 0) is 23.9 Å². The van der Waals surface area contributed by atoms with E-state index in [1.165, 1.54) is 7.11 Å². The highest BCUT2D eigenvalue weighted by Gasteiger charge is 2.47. The molecule has 1 aromatic carbocycles. The molecular formula is C24H28ClNO5S. The number of methoxy groups -OCH3 is 1. The fraction of sp³-hybridized carbons (Fsp3) is 0.458. The lowest BCUT2D eigenvalue weighted by molar-refractivity contribution is -0.151. The molecule has 0 saturated carbocycles. The second-order valence-corrected chi connectivity index (χ2v) is 9.75. The Labute approximate surface area is 197 Å². The van der Waals surface area contributed by atoms with Gasteiger partial charge in [-0.25, -0.2) is 4.79 Å². The van der Waals surface area contributed by atoms with Gasteiger partial charge < -0.3 is 14.8 Å². The van der Waals surface area contributed by atoms with Crippen LogP contribution < -0.4 is 5.32 Å². The third kappa shape index (κ3) is 4.89. The minimum absolute atomic E-state index is 0.223. The number of esters is 2. The maximum absolute atomic E-state index is 13.6. The molecule has 0 unspecified atom stereocenters. The molecule has 0 bridgehead atoms. The van der Waals surface area contributed by atoms with Crippen molar-refractivity contribution in [1.29, 1.82) is 0 Å². The highest BCUT2D eigenvalue weighted by molar-refractivity contribution is 7.99. The van der Waals surface area contributed by atoms with Gasteiger partial charge in [-0.1, -0.05) is 37.6 Å². The van der Waals surface area contributed by atoms with Gasteiger partial charge >= 0.3 is 11.9 Å². The fourth-order valence-electron chi connectivity index (χ4n) is 4.36. The summed E-state index contributed by atoms with van der Waals surface area (Å²) < 4.78 is 10.5. The van der Waals surface area contributed by atoms with Crippen LogP contribution in [-0.4, -0.2) is 42.9 Å². The predicted octanol–water partition coefficient (Wildman–Crippen LogP) is 4.25. The zero-order chi connectivity index (χ0) is 23.4. The van der Waals surface area contributed by atoms with Crippen LogP contribution >= 0.6 is 23.4 Å². The Morgan fingerprint density at radius 2 is 1.94 bits per heavy atom. The number of dihydropyridines is 1. The van der Waals surface area contributed by atoms with Gasteiger partial charge in [-0.05, 0) is 42.7 Å². The van der Waals surface area contributed by atoms with Crippen LogP contribution in [0.3, 0.4) is 0 Å². The number of thioether (sulfide) groups is 1. The quantitative estimate of drug-likeness (QED) is 0.357. The van der Waals surface area contributed by atoms with Gasteiger partial charge in [0.1, 0.15) is 12.5 Å². The number of hydrogen-bond donors (Lipinski definition) is 1. The normalized spacial score (nSPS) is 22.9. The molecule has 0 spiro atoms. The van der Waals surface area contributed by atoms with Crippen molar-refractivity contribution in [3.8, 4) is 0 Å². The van der Waals surface area contributed by atoms with E-state index in [4.69, 9.17) is 21.1 Å². The third-order valence-electron chi connectivity index (χ3n) is 5.83. The van der Waals surface area contributed by atoms with Crippen molar-refractivity contribution in [3.05, 3.63) is 57.4 Å². The molecule has 0 radical (unpaired) electrons. The van der Waals surface area contributed by atoms with Gasteiger partial charge in [0.15, 0.2) is 5.78 Å². The lowest BCUT2D eigenvalue weighted by atomic mass is 9.69. The number of benzene rings is 1. The molecule has 1 heterocycles. The third-order valence-corrected chi connectivity index (χ3v) is 6.95. The summed E-state index contributed by atoms with van der Waals surface area (Å²) in [6.45, 7) is 5.99. The lowest BCUT2D eigenvalue weighted by Gasteiger charge is -2.38. The molecule has 1 N–H and O–H groups in total. The van der Waals surface area contributed by atoms with E-state index in [9.17, 15) is 14.4 Å². The highest BCUT2D eigenvalue weighted by Crippen LogP contribution is 2.45. The van der Waals surface area contributed by atoms with Crippen LogP contribution in [0.15, 0.2) is 46.8 Å². The summed E-state index contributed by atoms with van der Waals surface area (Å²) in [6.07, 6.45) is 0.498. The zero-order valence-corrected chi connectivity index (χ0v) is 20.3. The zero-order valence-electron chi connectivity index (χ0n) is 18.7. The molecule has 1 aliphatic heterocycles. The van der Waals surface area contributed by atoms with E-state index >= 15 is 0 Å². The second kappa shape index (κ2) is 10.6. The lowest BCUT2D eigenvalue weighted by Crippen LogP contribution is -2.43. The first kappa shape index (κ1) is 24.4. The maximum atomic E-state index is 13.6. The van der Waals surface area contributed by atoms with Crippen molar-refractivity contribution in [1.82, 2.24) is 5.32 Å². The van der Waals surface area contributed by atoms with Gasteiger partial charge in [0.25, 0.3) is 0 Å². The Morgan fingerprint density at radius 1 is 1.25 bits per heavy atom. The molecular weight excluding hydrogens is 450 g/mol. The Kier molecular flexibility index (Phi) is 8.06. The van der Waals surface area contributed by atoms with E-state index < -0.39 is 23.8 Å². The summed E-state index contributed by atoms with van der Waals surface area (Å²) in [5.74, 6) is -1.50. The number of rotatable bonds is 7. The van der Waals surface area contributed by atoms with Gasteiger partial charge in [0, 0.05) is 33.7 Å². The van der Waals surface area contributed by atoms with Gasteiger partial charge in [0.05, 0.1) is 12.7 Å². The average Bonchev–Trinajstić information content (AvgIpc) is 2.76. The fourth-order valence-corrected chi connectivity index (χ4v) is 4.97. The number of carbonyl (C=O) groups excluding carboxylic acids is 3. The van der Waals surface area contributed by atoms with Crippen molar-refractivity contribution in [2.75, 3.05) is 25.2 Å². The van der Waals surface area contributed by atoms with Gasteiger partial charge in [0.2, 0.25) is 0 Å². The highest BCUT2D eigenvalue weighted by atomic mass is 35.5. The number of ketones is 1. The van der Waals surface area contributed by atoms with Crippen molar-refractivity contribution in [2.45, 2.75) is 33.1 Å². The molecule has 0 aromatic heterocycles. The summed E-state index contributed by atoms with van der Waals surface area (Å²) in [4.78, 5) is 39.2. The van der Waals surface area contributed by atoms with E-state index in [1.807, 2.05) is 20.8 Å². The monoisotopic (exact) mass is 477 g/mol. The standard InChI is InChI=1S/C24H28ClNO5S/c1-5-32-11-10-31-24(29)19-14(3)26-17-12-13(2)18(23(28)30-4)22(27)21(17)20(19)15-6-8-16(25)9-7-15/h6-9,13,18,20,26H,5,10-12H2,1-4H3/t13-,18+,20-/m1/s1. The molecule has 6 nitrogen and oxygen atoms in total. The number of allylic oxidation sites excluding steroid dienone is 3. The van der Waals surface area contributed by atoms with Crippen molar-refractivity contribution in [2.24, 2.45) is 11.8 Å². The first-order valence-electron chi connectivity index (χ1n) is 10.6. The number of carbonyl (C=O) groups is 3. The summed E-state index contributed by atoms with van der Waals surface area (Å²) in [5, 5.41) is 3.80. The minimum Gasteiger partial charge on any atom is -0.468 e. The van der Waals surface area contributed by atoms with Gasteiger partial charge in [-0.15, -0.1) is 0 Å². The number of ether oxygens (including phenoxy) is 2. The topological polar surface area (TPSA) is 81.7 Å². The van der Waals surface area contributed by atoms with Crippen molar-refractivity contribution < 1.29 is 23.9 Å². The molecule has 1 aromatic rings. The summed E-state index contributed by atoms with van der Waals surface area (Å²) >= 11 is 7.77. The number of Topliss-reactive ketones (excluding diaryl/α,β-unsaturated/α-hetero) is 1. The second-order valence-electron chi connectivity index (χ2n) is 7.92. The SMILES string of the molecule is CCSCCOC(=O)C1=C(C)NC2=C(C(=O)[C@@H](C(=O)OC)[C@H](C)C2)[C@@H]1c1ccc(Cl)cc1. The van der Waals surface area contributed by atoms with Gasteiger partial charge in [-0.3, -0.25) is 9.59 Å². The predicted molar refractivity (Wildman–Crippen MR) is 125 cm³/mol. The summed E-state index contributed by atoms with van der Waals surface area (Å²) in [5.41, 5.74) is 2.91. The molecule has 2 aliphatic rings. The van der Waals surface area contributed by atoms with Crippen molar-refractivity contribution >= 4 is 41.1 Å². The van der Waals surface area contributed by atoms with E-state index in [0.29, 0.717) is 34.0 Å².